The van der Waals surface area contributed by atoms with E-state index in [9.17, 15) is 10.3 Å². The van der Waals surface area contributed by atoms with Gasteiger partial charge in [0.1, 0.15) is 17.3 Å². The van der Waals surface area contributed by atoms with Gasteiger partial charge >= 0.3 is 7.12 Å². The second-order valence-electron chi connectivity index (χ2n) is 6.23. The van der Waals surface area contributed by atoms with Gasteiger partial charge in [-0.15, -0.1) is 0 Å². The van der Waals surface area contributed by atoms with Gasteiger partial charge < -0.3 is 19.2 Å². The van der Waals surface area contributed by atoms with Crippen LogP contribution in [0.2, 0.25) is 6.32 Å². The fourth-order valence-electron chi connectivity index (χ4n) is 3.91. The van der Waals surface area contributed by atoms with Gasteiger partial charge in [0, 0.05) is 19.1 Å². The van der Waals surface area contributed by atoms with Gasteiger partial charge in [-0.1, -0.05) is 36.4 Å². The Bertz CT molecular complexity index is 712. The number of hydrogen-bond donors (Lipinski definition) is 1. The molecule has 0 amide bonds. The smallest absolute Gasteiger partial charge is 0.454 e. The Morgan fingerprint density at radius 3 is 2.68 bits per heavy atom. The third-order valence-electron chi connectivity index (χ3n) is 4.96. The van der Waals surface area contributed by atoms with Crippen molar-refractivity contribution in [1.29, 1.82) is 5.26 Å². The minimum Gasteiger partial charge on any atom is -0.498 e. The average molecular weight is 339 g/mol. The van der Waals surface area contributed by atoms with Gasteiger partial charge in [0.2, 0.25) is 0 Å². The zero-order valence-corrected chi connectivity index (χ0v) is 14.5. The summed E-state index contributed by atoms with van der Waals surface area (Å²) in [6.45, 7) is 2.64. The second-order valence-corrected chi connectivity index (χ2v) is 6.23. The molecule has 0 bridgehead atoms. The molecule has 0 spiro atoms. The van der Waals surface area contributed by atoms with Crippen LogP contribution in [0.3, 0.4) is 0 Å². The highest BCUT2D eigenvalue weighted by molar-refractivity contribution is 6.43. The molecule has 1 heterocycles. The van der Waals surface area contributed by atoms with Crippen molar-refractivity contribution in [3.05, 3.63) is 53.8 Å². The number of hydrogen-bond acceptors (Lipinski definition) is 5. The van der Waals surface area contributed by atoms with E-state index in [0.29, 0.717) is 25.3 Å². The van der Waals surface area contributed by atoms with Crippen LogP contribution in [0.25, 0.3) is 5.57 Å². The van der Waals surface area contributed by atoms with Crippen LogP contribution in [0.15, 0.2) is 48.2 Å². The standard InChI is InChI=1S/C19H22BNO4/c1-3-24-19(15-11-20(22)25-13-15)17(12-21)16(9-10-18(19)23-2)14-7-5-4-6-8-14/h4-10,15,17,22H,3,11,13H2,1-2H3/t15?,17-,19?/m0/s1. The lowest BCUT2D eigenvalue weighted by Crippen LogP contribution is -2.51. The third kappa shape index (κ3) is 3.00. The molecular weight excluding hydrogens is 317 g/mol. The van der Waals surface area contributed by atoms with Gasteiger partial charge in [-0.25, -0.2) is 0 Å². The van der Waals surface area contributed by atoms with Crippen molar-refractivity contribution in [3.8, 4) is 6.07 Å². The van der Waals surface area contributed by atoms with Gasteiger partial charge in [0.25, 0.3) is 0 Å². The molecule has 6 heteroatoms. The molecule has 3 rings (SSSR count). The van der Waals surface area contributed by atoms with Crippen molar-refractivity contribution in [1.82, 2.24) is 0 Å². The fraction of sp³-hybridized carbons (Fsp3) is 0.421. The van der Waals surface area contributed by atoms with Crippen LogP contribution < -0.4 is 0 Å². The van der Waals surface area contributed by atoms with Crippen molar-refractivity contribution in [3.63, 3.8) is 0 Å². The van der Waals surface area contributed by atoms with Crippen LogP contribution in [0, 0.1) is 23.2 Å². The molecule has 2 aliphatic rings. The van der Waals surface area contributed by atoms with Gasteiger partial charge in [0.15, 0.2) is 0 Å². The van der Waals surface area contributed by atoms with Crippen LogP contribution in [-0.4, -0.2) is 38.1 Å². The highest BCUT2D eigenvalue weighted by atomic mass is 16.6. The lowest BCUT2D eigenvalue weighted by atomic mass is 9.64. The number of benzene rings is 1. The van der Waals surface area contributed by atoms with Crippen LogP contribution in [0.4, 0.5) is 0 Å². The Morgan fingerprint density at radius 1 is 1.36 bits per heavy atom. The summed E-state index contributed by atoms with van der Waals surface area (Å²) >= 11 is 0. The number of ether oxygens (including phenoxy) is 2. The van der Waals surface area contributed by atoms with Crippen molar-refractivity contribution >= 4 is 12.7 Å². The summed E-state index contributed by atoms with van der Waals surface area (Å²) in [7, 11) is 0.743. The molecule has 1 N–H and O–H groups in total. The molecule has 2 unspecified atom stereocenters. The summed E-state index contributed by atoms with van der Waals surface area (Å²) in [6, 6.07) is 12.2. The van der Waals surface area contributed by atoms with Gasteiger partial charge in [-0.3, -0.25) is 0 Å². The van der Waals surface area contributed by atoms with E-state index in [1.54, 1.807) is 7.11 Å². The molecule has 1 aromatic carbocycles. The molecule has 0 aromatic heterocycles. The van der Waals surface area contributed by atoms with Crippen molar-refractivity contribution in [2.45, 2.75) is 18.8 Å². The van der Waals surface area contributed by atoms with E-state index >= 15 is 0 Å². The fourth-order valence-corrected chi connectivity index (χ4v) is 3.91. The summed E-state index contributed by atoms with van der Waals surface area (Å²) in [5.41, 5.74) is 0.887. The zero-order chi connectivity index (χ0) is 17.9. The maximum absolute atomic E-state index is 10.1. The molecule has 1 aliphatic carbocycles. The average Bonchev–Trinajstić information content (AvgIpc) is 3.08. The first-order chi connectivity index (χ1) is 12.2. The molecular formula is C19H22BNO4. The van der Waals surface area contributed by atoms with E-state index in [0.717, 1.165) is 11.1 Å². The van der Waals surface area contributed by atoms with E-state index in [1.165, 1.54) is 0 Å². The molecule has 3 atom stereocenters. The lowest BCUT2D eigenvalue weighted by molar-refractivity contribution is -0.0965. The quantitative estimate of drug-likeness (QED) is 0.835. The molecule has 1 saturated heterocycles. The summed E-state index contributed by atoms with van der Waals surface area (Å²) < 4.78 is 17.2. The van der Waals surface area contributed by atoms with Crippen LogP contribution in [-0.2, 0) is 14.1 Å². The molecule has 5 nitrogen and oxygen atoms in total. The Hall–Kier alpha value is -2.07. The second kappa shape index (κ2) is 7.44. The van der Waals surface area contributed by atoms with Crippen LogP contribution in [0.1, 0.15) is 12.5 Å². The van der Waals surface area contributed by atoms with Crippen LogP contribution in [0.5, 0.6) is 0 Å². The summed E-state index contributed by atoms with van der Waals surface area (Å²) in [6.07, 6.45) is 4.20. The van der Waals surface area contributed by atoms with Gasteiger partial charge in [0.05, 0.1) is 13.2 Å². The monoisotopic (exact) mass is 339 g/mol. The van der Waals surface area contributed by atoms with Gasteiger partial charge in [-0.05, 0) is 30.5 Å². The zero-order valence-electron chi connectivity index (χ0n) is 14.5. The van der Waals surface area contributed by atoms with E-state index in [-0.39, 0.29) is 5.92 Å². The highest BCUT2D eigenvalue weighted by Gasteiger charge is 2.56. The SMILES string of the molecule is CCOC1(C2COB(O)C2)C(OC)=CC=C(c2ccccc2)[C@@H]1C#N. The van der Waals surface area contributed by atoms with Crippen LogP contribution >= 0.6 is 0 Å². The predicted molar refractivity (Wildman–Crippen MR) is 95.2 cm³/mol. The van der Waals surface area contributed by atoms with E-state index in [1.807, 2.05) is 49.4 Å². The highest BCUT2D eigenvalue weighted by Crippen LogP contribution is 2.49. The molecule has 130 valence electrons. The maximum atomic E-state index is 10.1. The molecule has 1 aromatic rings. The Balaban J connectivity index is 2.13. The Labute approximate surface area is 148 Å². The molecule has 1 aliphatic heterocycles. The van der Waals surface area contributed by atoms with E-state index in [4.69, 9.17) is 14.1 Å². The molecule has 0 radical (unpaired) electrons. The number of nitriles is 1. The lowest BCUT2D eigenvalue weighted by Gasteiger charge is -2.44. The number of methoxy groups -OCH3 is 1. The number of rotatable bonds is 5. The summed E-state index contributed by atoms with van der Waals surface area (Å²) in [5.74, 6) is -0.136. The first kappa shape index (κ1) is 17.7. The van der Waals surface area contributed by atoms with E-state index < -0.39 is 18.6 Å². The molecule has 25 heavy (non-hydrogen) atoms. The number of nitrogens with zero attached hydrogens (tertiary/aromatic N) is 1. The summed E-state index contributed by atoms with van der Waals surface area (Å²) in [4.78, 5) is 0. The first-order valence-corrected chi connectivity index (χ1v) is 8.52. The minimum atomic E-state index is -0.977. The maximum Gasteiger partial charge on any atom is 0.454 e. The predicted octanol–water partition coefficient (Wildman–Crippen LogP) is 2.66. The topological polar surface area (TPSA) is 71.7 Å². The van der Waals surface area contributed by atoms with Gasteiger partial charge in [-0.2, -0.15) is 5.26 Å². The van der Waals surface area contributed by atoms with Crippen molar-refractivity contribution in [2.24, 2.45) is 11.8 Å². The number of allylic oxidation sites excluding steroid dienone is 2. The minimum absolute atomic E-state index is 0.175. The Morgan fingerprint density at radius 2 is 2.12 bits per heavy atom. The normalized spacial score (nSPS) is 29.0. The largest absolute Gasteiger partial charge is 0.498 e. The van der Waals surface area contributed by atoms with E-state index in [2.05, 4.69) is 6.07 Å². The molecule has 1 fully saturated rings. The summed E-state index contributed by atoms with van der Waals surface area (Å²) in [5, 5.41) is 19.9. The first-order valence-electron chi connectivity index (χ1n) is 8.52. The Kier molecular flexibility index (Phi) is 5.29. The van der Waals surface area contributed by atoms with Crippen molar-refractivity contribution < 1.29 is 19.2 Å². The molecule has 0 saturated carbocycles. The van der Waals surface area contributed by atoms with Crippen molar-refractivity contribution in [2.75, 3.05) is 20.3 Å². The third-order valence-corrected chi connectivity index (χ3v) is 4.96.